The highest BCUT2D eigenvalue weighted by Gasteiger charge is 2.24. The molecule has 0 bridgehead atoms. The molecule has 1 aromatic carbocycles. The molecule has 178 valence electrons. The highest BCUT2D eigenvalue weighted by Crippen LogP contribution is 2.34. The topological polar surface area (TPSA) is 82.3 Å². The van der Waals surface area contributed by atoms with Crippen molar-refractivity contribution in [3.63, 3.8) is 0 Å². The first-order chi connectivity index (χ1) is 16.4. The van der Waals surface area contributed by atoms with E-state index in [4.69, 9.17) is 9.97 Å². The average molecular weight is 460 g/mol. The molecule has 2 N–H and O–H groups in total. The fourth-order valence-electron chi connectivity index (χ4n) is 4.58. The minimum atomic E-state index is 0.116. The van der Waals surface area contributed by atoms with Crippen LogP contribution in [0.15, 0.2) is 42.7 Å². The van der Waals surface area contributed by atoms with Gasteiger partial charge in [0.05, 0.1) is 10.9 Å². The fraction of sp³-hybridized carbons (Fsp3) is 0.423. The molecule has 0 amide bonds. The van der Waals surface area contributed by atoms with Gasteiger partial charge in [-0.05, 0) is 45.4 Å². The Morgan fingerprint density at radius 2 is 1.76 bits per heavy atom. The summed E-state index contributed by atoms with van der Waals surface area (Å²) in [6.45, 7) is 12.8. The van der Waals surface area contributed by atoms with Crippen LogP contribution in [0.4, 0.5) is 11.8 Å². The van der Waals surface area contributed by atoms with Crippen molar-refractivity contribution in [2.24, 2.45) is 0 Å². The fourth-order valence-corrected chi connectivity index (χ4v) is 4.58. The van der Waals surface area contributed by atoms with Crippen LogP contribution in [-0.2, 0) is 6.54 Å². The zero-order chi connectivity index (χ0) is 23.8. The van der Waals surface area contributed by atoms with E-state index in [9.17, 15) is 5.11 Å². The van der Waals surface area contributed by atoms with Crippen LogP contribution in [0.1, 0.15) is 39.3 Å². The first-order valence-corrected chi connectivity index (χ1v) is 12.1. The van der Waals surface area contributed by atoms with Crippen molar-refractivity contribution in [3.05, 3.63) is 48.3 Å². The van der Waals surface area contributed by atoms with Crippen molar-refractivity contribution >= 4 is 33.6 Å². The van der Waals surface area contributed by atoms with Crippen LogP contribution in [0, 0.1) is 0 Å². The zero-order valence-corrected chi connectivity index (χ0v) is 20.4. The smallest absolute Gasteiger partial charge is 0.228 e. The summed E-state index contributed by atoms with van der Waals surface area (Å²) in [5, 5.41) is 16.4. The summed E-state index contributed by atoms with van der Waals surface area (Å²) in [5.74, 6) is 1.57. The van der Waals surface area contributed by atoms with Gasteiger partial charge in [-0.3, -0.25) is 9.88 Å². The Bertz CT molecular complexity index is 1310. The van der Waals surface area contributed by atoms with E-state index in [2.05, 4.69) is 46.1 Å². The van der Waals surface area contributed by atoms with Crippen LogP contribution >= 0.6 is 0 Å². The lowest BCUT2D eigenvalue weighted by atomic mass is 10.1. The van der Waals surface area contributed by atoms with Crippen molar-refractivity contribution in [3.8, 4) is 5.88 Å². The van der Waals surface area contributed by atoms with Gasteiger partial charge in [0.15, 0.2) is 0 Å². The molecule has 1 saturated heterocycles. The summed E-state index contributed by atoms with van der Waals surface area (Å²) in [5.41, 5.74) is 2.65. The molecule has 0 unspecified atom stereocenters. The minimum absolute atomic E-state index is 0.116. The maximum atomic E-state index is 10.9. The summed E-state index contributed by atoms with van der Waals surface area (Å²) >= 11 is 0. The van der Waals surface area contributed by atoms with Crippen LogP contribution in [0.2, 0.25) is 0 Å². The van der Waals surface area contributed by atoms with Gasteiger partial charge in [0.25, 0.3) is 0 Å². The second kappa shape index (κ2) is 9.10. The Morgan fingerprint density at radius 1 is 1.00 bits per heavy atom. The predicted molar refractivity (Wildman–Crippen MR) is 138 cm³/mol. The molecule has 34 heavy (non-hydrogen) atoms. The van der Waals surface area contributed by atoms with E-state index < -0.39 is 0 Å². The van der Waals surface area contributed by atoms with Crippen molar-refractivity contribution in [1.29, 1.82) is 0 Å². The van der Waals surface area contributed by atoms with Crippen molar-refractivity contribution in [2.45, 2.75) is 46.3 Å². The molecule has 4 aromatic rings. The summed E-state index contributed by atoms with van der Waals surface area (Å²) in [7, 11) is 0. The van der Waals surface area contributed by atoms with Crippen LogP contribution in [0.25, 0.3) is 21.8 Å². The number of rotatable bonds is 6. The van der Waals surface area contributed by atoms with E-state index in [1.54, 1.807) is 0 Å². The molecule has 3 aromatic heterocycles. The van der Waals surface area contributed by atoms with Gasteiger partial charge in [0.2, 0.25) is 11.8 Å². The lowest BCUT2D eigenvalue weighted by molar-refractivity contribution is 0.208. The van der Waals surface area contributed by atoms with Crippen molar-refractivity contribution in [2.75, 3.05) is 36.4 Å². The monoisotopic (exact) mass is 459 g/mol. The van der Waals surface area contributed by atoms with E-state index in [0.29, 0.717) is 24.1 Å². The second-order valence-corrected chi connectivity index (χ2v) is 9.59. The molecule has 4 heterocycles. The van der Waals surface area contributed by atoms with Gasteiger partial charge in [-0.1, -0.05) is 18.2 Å². The number of hydrogen-bond acceptors (Lipinski definition) is 7. The summed E-state index contributed by atoms with van der Waals surface area (Å²) < 4.78 is 1.85. The molecular weight excluding hydrogens is 426 g/mol. The summed E-state index contributed by atoms with van der Waals surface area (Å²) in [6, 6.07) is 10.9. The molecule has 5 rings (SSSR count). The predicted octanol–water partition coefficient (Wildman–Crippen LogP) is 4.41. The van der Waals surface area contributed by atoms with E-state index in [1.165, 1.54) is 0 Å². The molecule has 0 atom stereocenters. The van der Waals surface area contributed by atoms with Crippen LogP contribution < -0.4 is 10.2 Å². The van der Waals surface area contributed by atoms with Crippen LogP contribution in [-0.4, -0.2) is 61.7 Å². The molecule has 0 spiro atoms. The largest absolute Gasteiger partial charge is 0.493 e. The number of nitrogens with one attached hydrogen (secondary N) is 1. The number of fused-ring (bicyclic) bond motifs is 2. The Balaban J connectivity index is 1.47. The molecule has 0 saturated carbocycles. The summed E-state index contributed by atoms with van der Waals surface area (Å²) in [4.78, 5) is 19.0. The normalized spacial score (nSPS) is 15.2. The lowest BCUT2D eigenvalue weighted by Gasteiger charge is -2.37. The van der Waals surface area contributed by atoms with Gasteiger partial charge in [0, 0.05) is 62.6 Å². The Kier molecular flexibility index (Phi) is 6.00. The van der Waals surface area contributed by atoms with Crippen molar-refractivity contribution < 1.29 is 5.11 Å². The number of aromatic hydroxyl groups is 1. The van der Waals surface area contributed by atoms with Gasteiger partial charge in [0.1, 0.15) is 11.3 Å². The number of hydrogen-bond donors (Lipinski definition) is 2. The zero-order valence-electron chi connectivity index (χ0n) is 20.4. The number of piperazine rings is 1. The Morgan fingerprint density at radius 3 is 2.50 bits per heavy atom. The van der Waals surface area contributed by atoms with Gasteiger partial charge >= 0.3 is 0 Å². The third-order valence-corrected chi connectivity index (χ3v) is 6.65. The van der Waals surface area contributed by atoms with E-state index in [1.807, 2.05) is 49.0 Å². The molecule has 1 fully saturated rings. The minimum Gasteiger partial charge on any atom is -0.493 e. The van der Waals surface area contributed by atoms with Gasteiger partial charge < -0.3 is 19.9 Å². The van der Waals surface area contributed by atoms with Gasteiger partial charge in [-0.2, -0.15) is 4.98 Å². The third kappa shape index (κ3) is 4.25. The molecular formula is C26H33N7O. The quantitative estimate of drug-likeness (QED) is 0.442. The molecule has 0 aliphatic carbocycles. The molecule has 8 heteroatoms. The first-order valence-electron chi connectivity index (χ1n) is 12.1. The second-order valence-electron chi connectivity index (χ2n) is 9.59. The SMILES string of the molecule is CC(C)N1CCN(c2nc(NCc3cnc4ccccc4c3)c3cn(C(C)C)c(O)c3n2)CC1. The highest BCUT2D eigenvalue weighted by atomic mass is 16.3. The maximum absolute atomic E-state index is 10.9. The Hall–Kier alpha value is -3.39. The molecule has 0 radical (unpaired) electrons. The molecule has 1 aliphatic heterocycles. The number of anilines is 2. The maximum Gasteiger partial charge on any atom is 0.228 e. The summed E-state index contributed by atoms with van der Waals surface area (Å²) in [6.07, 6.45) is 3.84. The third-order valence-electron chi connectivity index (χ3n) is 6.65. The number of para-hydroxylation sites is 1. The van der Waals surface area contributed by atoms with Gasteiger partial charge in [-0.25, -0.2) is 4.98 Å². The van der Waals surface area contributed by atoms with Gasteiger partial charge in [-0.15, -0.1) is 0 Å². The van der Waals surface area contributed by atoms with Crippen molar-refractivity contribution in [1.82, 2.24) is 24.4 Å². The highest BCUT2D eigenvalue weighted by molar-refractivity contribution is 5.94. The van der Waals surface area contributed by atoms with E-state index in [0.717, 1.165) is 53.8 Å². The number of nitrogens with zero attached hydrogens (tertiary/aromatic N) is 6. The lowest BCUT2D eigenvalue weighted by Crippen LogP contribution is -2.49. The average Bonchev–Trinajstić information content (AvgIpc) is 3.19. The standard InChI is InChI=1S/C26H33N7O/c1-17(2)31-9-11-32(12-10-31)26-29-23-21(16-33(18(3)4)25(23)34)24(30-26)28-15-19-13-20-7-5-6-8-22(20)27-14-19/h5-8,13-14,16-18,34H,9-12,15H2,1-4H3,(H,28,29,30). The van der Waals surface area contributed by atoms with E-state index in [-0.39, 0.29) is 11.9 Å². The van der Waals surface area contributed by atoms with Crippen LogP contribution in [0.3, 0.4) is 0 Å². The number of benzene rings is 1. The Labute approximate surface area is 200 Å². The first kappa shape index (κ1) is 22.4. The number of pyridine rings is 1. The molecule has 8 nitrogen and oxygen atoms in total. The number of aromatic nitrogens is 4. The van der Waals surface area contributed by atoms with E-state index >= 15 is 0 Å². The molecule has 1 aliphatic rings. The van der Waals surface area contributed by atoms with Crippen LogP contribution in [0.5, 0.6) is 5.88 Å².